The van der Waals surface area contributed by atoms with E-state index in [1.54, 1.807) is 19.2 Å². The molecule has 2 aromatic carbocycles. The van der Waals surface area contributed by atoms with Crippen LogP contribution in [0.2, 0.25) is 0 Å². The second-order valence-electron chi connectivity index (χ2n) is 6.20. The van der Waals surface area contributed by atoms with Gasteiger partial charge in [-0.3, -0.25) is 0 Å². The molecular formula is C20H20N4O2. The average molecular weight is 348 g/mol. The molecule has 6 heteroatoms. The fraction of sp³-hybridized carbons (Fsp3) is 0.250. The largest absolute Gasteiger partial charge is 0.440 e. The number of urea groups is 1. The number of hydrogen-bond donors (Lipinski definition) is 1. The van der Waals surface area contributed by atoms with Crippen LogP contribution in [-0.2, 0) is 6.42 Å². The fourth-order valence-corrected chi connectivity index (χ4v) is 2.58. The summed E-state index contributed by atoms with van der Waals surface area (Å²) in [6.45, 7) is 1.83. The highest BCUT2D eigenvalue weighted by Crippen LogP contribution is 2.22. The van der Waals surface area contributed by atoms with E-state index in [9.17, 15) is 4.79 Å². The number of aromatic nitrogens is 1. The summed E-state index contributed by atoms with van der Waals surface area (Å²) in [5.41, 5.74) is 3.13. The van der Waals surface area contributed by atoms with E-state index in [-0.39, 0.29) is 18.5 Å². The van der Waals surface area contributed by atoms with Gasteiger partial charge in [0, 0.05) is 31.3 Å². The first-order valence-electron chi connectivity index (χ1n) is 8.41. The molecule has 26 heavy (non-hydrogen) atoms. The molecule has 0 saturated carbocycles. The van der Waals surface area contributed by atoms with Gasteiger partial charge < -0.3 is 14.6 Å². The summed E-state index contributed by atoms with van der Waals surface area (Å²) >= 11 is 0. The summed E-state index contributed by atoms with van der Waals surface area (Å²) in [5, 5.41) is 11.6. The number of rotatable bonds is 5. The summed E-state index contributed by atoms with van der Waals surface area (Å²) in [7, 11) is 1.67. The molecule has 0 aliphatic rings. The molecule has 0 spiro atoms. The lowest BCUT2D eigenvalue weighted by atomic mass is 10.1. The number of benzene rings is 2. The average Bonchev–Trinajstić information content (AvgIpc) is 3.03. The topological polar surface area (TPSA) is 82.2 Å². The summed E-state index contributed by atoms with van der Waals surface area (Å²) in [5.74, 6) is 0.634. The van der Waals surface area contributed by atoms with Gasteiger partial charge in [0.1, 0.15) is 5.52 Å². The highest BCUT2D eigenvalue weighted by atomic mass is 16.3. The number of nitrogens with zero attached hydrogens (tertiary/aromatic N) is 3. The molecular weight excluding hydrogens is 328 g/mol. The molecule has 6 nitrogen and oxygen atoms in total. The molecule has 132 valence electrons. The Morgan fingerprint density at radius 3 is 2.81 bits per heavy atom. The van der Waals surface area contributed by atoms with Crippen LogP contribution in [0.1, 0.15) is 24.8 Å². The van der Waals surface area contributed by atoms with Crippen LogP contribution < -0.4 is 5.32 Å². The van der Waals surface area contributed by atoms with Crippen molar-refractivity contribution in [2.45, 2.75) is 25.8 Å². The number of nitrogens with one attached hydrogen (secondary N) is 1. The molecule has 3 aromatic rings. The van der Waals surface area contributed by atoms with E-state index in [4.69, 9.17) is 9.68 Å². The first-order valence-corrected chi connectivity index (χ1v) is 8.41. The van der Waals surface area contributed by atoms with E-state index in [0.717, 1.165) is 11.1 Å². The smallest absolute Gasteiger partial charge is 0.321 e. The standard InChI is InChI=1S/C20H20N4O2/c1-14(10-11-21)24(2)20(25)22-16-8-9-17-18(13-16)26-19(23-17)12-15-6-4-3-5-7-15/h3-9,13-14H,10,12H2,1-2H3,(H,22,25)/t14-/m1/s1. The predicted molar refractivity (Wildman–Crippen MR) is 99.7 cm³/mol. The number of oxazole rings is 1. The minimum Gasteiger partial charge on any atom is -0.440 e. The van der Waals surface area contributed by atoms with Crippen molar-refractivity contribution in [1.82, 2.24) is 9.88 Å². The Kier molecular flexibility index (Phi) is 5.18. The first kappa shape index (κ1) is 17.5. The van der Waals surface area contributed by atoms with Crippen molar-refractivity contribution in [2.75, 3.05) is 12.4 Å². The van der Waals surface area contributed by atoms with Gasteiger partial charge in [0.25, 0.3) is 0 Å². The number of carbonyl (C=O) groups is 1. The van der Waals surface area contributed by atoms with Crippen LogP contribution in [0.25, 0.3) is 11.1 Å². The zero-order valence-corrected chi connectivity index (χ0v) is 14.8. The number of carbonyl (C=O) groups excluding carboxylic acids is 1. The van der Waals surface area contributed by atoms with Crippen molar-refractivity contribution in [1.29, 1.82) is 5.26 Å². The van der Waals surface area contributed by atoms with Gasteiger partial charge in [0.05, 0.1) is 12.5 Å². The summed E-state index contributed by atoms with van der Waals surface area (Å²) in [6.07, 6.45) is 0.902. The molecule has 0 fully saturated rings. The molecule has 3 rings (SSSR count). The molecule has 0 bridgehead atoms. The SMILES string of the molecule is C[C@H](CC#N)N(C)C(=O)Nc1ccc2nc(Cc3ccccc3)oc2c1. The highest BCUT2D eigenvalue weighted by molar-refractivity contribution is 5.91. The van der Waals surface area contributed by atoms with Gasteiger partial charge >= 0.3 is 6.03 Å². The van der Waals surface area contributed by atoms with Crippen LogP contribution in [0.4, 0.5) is 10.5 Å². The quantitative estimate of drug-likeness (QED) is 0.750. The lowest BCUT2D eigenvalue weighted by Gasteiger charge is -2.23. The third-order valence-electron chi connectivity index (χ3n) is 4.25. The van der Waals surface area contributed by atoms with Gasteiger partial charge in [-0.25, -0.2) is 9.78 Å². The molecule has 0 aliphatic carbocycles. The zero-order chi connectivity index (χ0) is 18.5. The highest BCUT2D eigenvalue weighted by Gasteiger charge is 2.16. The number of nitriles is 1. The number of hydrogen-bond acceptors (Lipinski definition) is 4. The van der Waals surface area contributed by atoms with E-state index in [2.05, 4.69) is 16.4 Å². The van der Waals surface area contributed by atoms with Crippen molar-refractivity contribution >= 4 is 22.8 Å². The van der Waals surface area contributed by atoms with E-state index in [1.165, 1.54) is 4.90 Å². The minimum atomic E-state index is -0.267. The third kappa shape index (κ3) is 4.01. The summed E-state index contributed by atoms with van der Waals surface area (Å²) in [6, 6.07) is 17.0. The van der Waals surface area contributed by atoms with Crippen molar-refractivity contribution in [2.24, 2.45) is 0 Å². The number of amides is 2. The normalized spacial score (nSPS) is 11.7. The molecule has 0 saturated heterocycles. The van der Waals surface area contributed by atoms with Crippen LogP contribution in [0.5, 0.6) is 0 Å². The molecule has 2 amide bonds. The molecule has 1 aromatic heterocycles. The molecule has 0 aliphatic heterocycles. The number of anilines is 1. The molecule has 0 radical (unpaired) electrons. The Bertz CT molecular complexity index is 943. The first-order chi connectivity index (χ1) is 12.6. The Labute approximate surface area is 152 Å². The summed E-state index contributed by atoms with van der Waals surface area (Å²) in [4.78, 5) is 18.3. The third-order valence-corrected chi connectivity index (χ3v) is 4.25. The Morgan fingerprint density at radius 1 is 1.31 bits per heavy atom. The van der Waals surface area contributed by atoms with Gasteiger partial charge in [0.15, 0.2) is 11.5 Å². The maximum atomic E-state index is 12.3. The van der Waals surface area contributed by atoms with Gasteiger partial charge in [0.2, 0.25) is 0 Å². The molecule has 1 N–H and O–H groups in total. The second-order valence-corrected chi connectivity index (χ2v) is 6.20. The van der Waals surface area contributed by atoms with Gasteiger partial charge in [-0.1, -0.05) is 30.3 Å². The fourth-order valence-electron chi connectivity index (χ4n) is 2.58. The van der Waals surface area contributed by atoms with Crippen LogP contribution in [-0.4, -0.2) is 29.0 Å². The van der Waals surface area contributed by atoms with Crippen LogP contribution in [0.15, 0.2) is 52.9 Å². The Balaban J connectivity index is 1.73. The van der Waals surface area contributed by atoms with E-state index < -0.39 is 0 Å². The van der Waals surface area contributed by atoms with Crippen LogP contribution in [0.3, 0.4) is 0 Å². The maximum absolute atomic E-state index is 12.3. The lowest BCUT2D eigenvalue weighted by Crippen LogP contribution is -2.38. The van der Waals surface area contributed by atoms with E-state index in [1.807, 2.05) is 43.3 Å². The molecule has 0 unspecified atom stereocenters. The van der Waals surface area contributed by atoms with Crippen LogP contribution in [0, 0.1) is 11.3 Å². The zero-order valence-electron chi connectivity index (χ0n) is 14.8. The minimum absolute atomic E-state index is 0.161. The summed E-state index contributed by atoms with van der Waals surface area (Å²) < 4.78 is 5.82. The number of fused-ring (bicyclic) bond motifs is 1. The second kappa shape index (κ2) is 7.70. The van der Waals surface area contributed by atoms with Crippen molar-refractivity contribution in [3.8, 4) is 6.07 Å². The molecule has 1 heterocycles. The van der Waals surface area contributed by atoms with Crippen molar-refractivity contribution in [3.05, 3.63) is 60.0 Å². The van der Waals surface area contributed by atoms with E-state index in [0.29, 0.717) is 23.6 Å². The van der Waals surface area contributed by atoms with Crippen molar-refractivity contribution < 1.29 is 9.21 Å². The predicted octanol–water partition coefficient (Wildman–Crippen LogP) is 4.18. The lowest BCUT2D eigenvalue weighted by molar-refractivity contribution is 0.208. The van der Waals surface area contributed by atoms with Gasteiger partial charge in [-0.05, 0) is 24.6 Å². The van der Waals surface area contributed by atoms with Crippen molar-refractivity contribution in [3.63, 3.8) is 0 Å². The Morgan fingerprint density at radius 2 is 2.08 bits per heavy atom. The van der Waals surface area contributed by atoms with Gasteiger partial charge in [-0.15, -0.1) is 0 Å². The molecule has 1 atom stereocenters. The monoisotopic (exact) mass is 348 g/mol. The maximum Gasteiger partial charge on any atom is 0.321 e. The Hall–Kier alpha value is -3.33. The van der Waals surface area contributed by atoms with Gasteiger partial charge in [-0.2, -0.15) is 5.26 Å². The van der Waals surface area contributed by atoms with Crippen LogP contribution >= 0.6 is 0 Å². The van der Waals surface area contributed by atoms with E-state index >= 15 is 0 Å².